The molecule has 0 radical (unpaired) electrons. The Balaban J connectivity index is 2.28. The number of unbranched alkanes of at least 4 members (excludes halogenated alkanes) is 6. The van der Waals surface area contributed by atoms with Crippen LogP contribution in [-0.4, -0.2) is 16.9 Å². The van der Waals surface area contributed by atoms with E-state index in [4.69, 9.17) is 11.1 Å². The van der Waals surface area contributed by atoms with Gasteiger partial charge in [-0.2, -0.15) is 13.2 Å². The third kappa shape index (κ3) is 8.08. The first-order chi connectivity index (χ1) is 15.3. The number of hydrogen-bond acceptors (Lipinski definition) is 4. The van der Waals surface area contributed by atoms with Gasteiger partial charge in [0.05, 0.1) is 11.4 Å². The number of allylic oxidation sites excluding steroid dienone is 2. The zero-order valence-corrected chi connectivity index (χ0v) is 19.8. The lowest BCUT2D eigenvalue weighted by Gasteiger charge is -2.08. The molecule has 0 atom stereocenters. The van der Waals surface area contributed by atoms with E-state index in [2.05, 4.69) is 24.9 Å². The molecular weight excluding hydrogens is 431 g/mol. The number of aryl methyl sites for hydroxylation is 2. The lowest BCUT2D eigenvalue weighted by atomic mass is 10.0. The Morgan fingerprint density at radius 3 is 2.31 bits per heavy atom. The van der Waals surface area contributed by atoms with Crippen molar-refractivity contribution in [2.24, 2.45) is 5.73 Å². The first kappa shape index (κ1) is 26.1. The molecular formula is C25H34F3N3S. The molecule has 3 N–H and O–H groups in total. The molecule has 0 aliphatic heterocycles. The Hall–Kier alpha value is -2.15. The lowest BCUT2D eigenvalue weighted by molar-refractivity contribution is -0.0925. The van der Waals surface area contributed by atoms with E-state index in [1.807, 2.05) is 6.07 Å². The smallest absolute Gasteiger partial charge is 0.395 e. The summed E-state index contributed by atoms with van der Waals surface area (Å²) in [4.78, 5) is 6.58. The Labute approximate surface area is 193 Å². The highest BCUT2D eigenvalue weighted by molar-refractivity contribution is 7.15. The highest BCUT2D eigenvalue weighted by atomic mass is 32.1. The molecule has 2 heterocycles. The highest BCUT2D eigenvalue weighted by Gasteiger charge is 2.31. The molecule has 0 saturated carbocycles. The van der Waals surface area contributed by atoms with Crippen LogP contribution in [0.5, 0.6) is 0 Å². The molecule has 0 saturated heterocycles. The quantitative estimate of drug-likeness (QED) is 0.234. The van der Waals surface area contributed by atoms with Gasteiger partial charge in [0.1, 0.15) is 5.70 Å². The molecule has 2 rings (SSSR count). The topological polar surface area (TPSA) is 62.8 Å². The SMILES string of the molecule is CCCCCCc1cc(CCCCCC)c(-c2ccnc(C(=N)/C=C(\N)C(F)(F)F)c2)s1. The van der Waals surface area contributed by atoms with Crippen molar-refractivity contribution < 1.29 is 13.2 Å². The number of nitrogens with two attached hydrogens (primary N) is 1. The van der Waals surface area contributed by atoms with Crippen molar-refractivity contribution in [3.63, 3.8) is 0 Å². The minimum atomic E-state index is -4.66. The van der Waals surface area contributed by atoms with Gasteiger partial charge in [0.15, 0.2) is 0 Å². The molecule has 0 amide bonds. The predicted octanol–water partition coefficient (Wildman–Crippen LogP) is 7.83. The number of nitrogens with one attached hydrogen (secondary N) is 1. The average Bonchev–Trinajstić information content (AvgIpc) is 3.16. The molecule has 0 unspecified atom stereocenters. The van der Waals surface area contributed by atoms with E-state index in [1.165, 1.54) is 49.0 Å². The van der Waals surface area contributed by atoms with Crippen LogP contribution in [0.15, 0.2) is 36.2 Å². The summed E-state index contributed by atoms with van der Waals surface area (Å²) < 4.78 is 38.2. The molecule has 0 aromatic carbocycles. The van der Waals surface area contributed by atoms with Crippen LogP contribution < -0.4 is 5.73 Å². The second kappa shape index (κ2) is 12.8. The Kier molecular flexibility index (Phi) is 10.4. The van der Waals surface area contributed by atoms with Gasteiger partial charge >= 0.3 is 6.18 Å². The van der Waals surface area contributed by atoms with Gasteiger partial charge in [-0.15, -0.1) is 11.3 Å². The summed E-state index contributed by atoms with van der Waals surface area (Å²) in [5.74, 6) is 0. The minimum absolute atomic E-state index is 0.185. The van der Waals surface area contributed by atoms with Gasteiger partial charge in [0, 0.05) is 16.0 Å². The molecule has 0 fully saturated rings. The summed E-state index contributed by atoms with van der Waals surface area (Å²) in [7, 11) is 0. The maximum Gasteiger partial charge on any atom is 0.430 e. The van der Waals surface area contributed by atoms with Crippen LogP contribution in [0.2, 0.25) is 0 Å². The fourth-order valence-corrected chi connectivity index (χ4v) is 4.78. The van der Waals surface area contributed by atoms with Crippen LogP contribution in [0.3, 0.4) is 0 Å². The van der Waals surface area contributed by atoms with Crippen molar-refractivity contribution in [2.75, 3.05) is 0 Å². The number of hydrogen-bond donors (Lipinski definition) is 2. The van der Waals surface area contributed by atoms with Crippen LogP contribution in [0.1, 0.15) is 81.3 Å². The number of pyridine rings is 1. The van der Waals surface area contributed by atoms with Gasteiger partial charge in [0.2, 0.25) is 0 Å². The second-order valence-electron chi connectivity index (χ2n) is 8.13. The molecule has 0 aliphatic carbocycles. The Bertz CT molecular complexity index is 900. The van der Waals surface area contributed by atoms with Gasteiger partial charge in [-0.25, -0.2) is 0 Å². The summed E-state index contributed by atoms with van der Waals surface area (Å²) >= 11 is 1.75. The molecule has 0 aliphatic rings. The number of halogens is 3. The van der Waals surface area contributed by atoms with Crippen molar-refractivity contribution in [3.05, 3.63) is 52.3 Å². The zero-order chi connectivity index (χ0) is 23.6. The minimum Gasteiger partial charge on any atom is -0.395 e. The van der Waals surface area contributed by atoms with Gasteiger partial charge in [-0.1, -0.05) is 52.4 Å². The summed E-state index contributed by atoms with van der Waals surface area (Å²) in [6.07, 6.45) is 9.09. The maximum absolute atomic E-state index is 12.7. The molecule has 0 bridgehead atoms. The molecule has 3 nitrogen and oxygen atoms in total. The van der Waals surface area contributed by atoms with Crippen LogP contribution in [0.4, 0.5) is 13.2 Å². The van der Waals surface area contributed by atoms with E-state index in [-0.39, 0.29) is 11.4 Å². The standard InChI is InChI=1S/C25H34F3N3S/c1-3-5-7-9-11-18-15-20(12-10-8-6-4-2)32-24(18)19-13-14-31-22(16-19)21(29)17-23(30)25(26,27)28/h13-17,29H,3-12,30H2,1-2H3/b23-17-,29-21?. The van der Waals surface area contributed by atoms with Gasteiger partial charge in [-0.3, -0.25) is 10.4 Å². The molecule has 2 aromatic heterocycles. The van der Waals surface area contributed by atoms with E-state index in [0.29, 0.717) is 6.08 Å². The molecule has 0 spiro atoms. The number of thiophene rings is 1. The molecule has 7 heteroatoms. The van der Waals surface area contributed by atoms with E-state index in [1.54, 1.807) is 23.6 Å². The van der Waals surface area contributed by atoms with Crippen LogP contribution in [0.25, 0.3) is 10.4 Å². The van der Waals surface area contributed by atoms with Crippen molar-refractivity contribution in [1.82, 2.24) is 4.98 Å². The first-order valence-corrected chi connectivity index (χ1v) is 12.3. The van der Waals surface area contributed by atoms with Gasteiger partial charge < -0.3 is 5.73 Å². The second-order valence-corrected chi connectivity index (χ2v) is 9.27. The zero-order valence-electron chi connectivity index (χ0n) is 19.0. The molecule has 176 valence electrons. The van der Waals surface area contributed by atoms with E-state index in [9.17, 15) is 13.2 Å². The third-order valence-electron chi connectivity index (χ3n) is 5.36. The van der Waals surface area contributed by atoms with E-state index < -0.39 is 11.9 Å². The van der Waals surface area contributed by atoms with Crippen LogP contribution >= 0.6 is 11.3 Å². The van der Waals surface area contributed by atoms with E-state index >= 15 is 0 Å². The maximum atomic E-state index is 12.7. The fraction of sp³-hybridized carbons (Fsp3) is 0.520. The van der Waals surface area contributed by atoms with Crippen LogP contribution in [-0.2, 0) is 12.8 Å². The Morgan fingerprint density at radius 1 is 1.03 bits per heavy atom. The third-order valence-corrected chi connectivity index (χ3v) is 6.65. The lowest BCUT2D eigenvalue weighted by Crippen LogP contribution is -2.20. The van der Waals surface area contributed by atoms with Gasteiger partial charge in [0.25, 0.3) is 0 Å². The highest BCUT2D eigenvalue weighted by Crippen LogP contribution is 2.35. The van der Waals surface area contributed by atoms with Crippen molar-refractivity contribution in [2.45, 2.75) is 84.2 Å². The number of rotatable bonds is 13. The summed E-state index contributed by atoms with van der Waals surface area (Å²) in [6, 6.07) is 5.87. The largest absolute Gasteiger partial charge is 0.430 e. The number of nitrogens with zero attached hydrogens (tertiary/aromatic N) is 1. The van der Waals surface area contributed by atoms with Gasteiger partial charge in [-0.05, 0) is 61.1 Å². The number of aromatic nitrogens is 1. The monoisotopic (exact) mass is 465 g/mol. The van der Waals surface area contributed by atoms with Crippen molar-refractivity contribution >= 4 is 17.0 Å². The summed E-state index contributed by atoms with van der Waals surface area (Å²) in [6.45, 7) is 4.39. The normalized spacial score (nSPS) is 12.3. The summed E-state index contributed by atoms with van der Waals surface area (Å²) in [5, 5.41) is 8.03. The Morgan fingerprint density at radius 2 is 1.69 bits per heavy atom. The van der Waals surface area contributed by atoms with Crippen molar-refractivity contribution in [3.8, 4) is 10.4 Å². The average molecular weight is 466 g/mol. The number of alkyl halides is 3. The van der Waals surface area contributed by atoms with E-state index in [0.717, 1.165) is 36.1 Å². The molecule has 32 heavy (non-hydrogen) atoms. The first-order valence-electron chi connectivity index (χ1n) is 11.5. The van der Waals surface area contributed by atoms with Crippen molar-refractivity contribution in [1.29, 1.82) is 5.41 Å². The summed E-state index contributed by atoms with van der Waals surface area (Å²) in [5.41, 5.74) is 5.81. The molecule has 2 aromatic rings. The fourth-order valence-electron chi connectivity index (χ4n) is 3.54. The predicted molar refractivity (Wildman–Crippen MR) is 128 cm³/mol. The van der Waals surface area contributed by atoms with Crippen LogP contribution in [0, 0.1) is 5.41 Å².